The fraction of sp³-hybridized carbons (Fsp3) is 0.769. The van der Waals surface area contributed by atoms with Crippen molar-refractivity contribution >= 4 is 5.97 Å². The molecule has 2 nitrogen and oxygen atoms in total. The lowest BCUT2D eigenvalue weighted by atomic mass is 9.47. The Balaban J connectivity index is 2.11. The minimum atomic E-state index is -0.678. The SMILES string of the molecule is CC(CC(=O)O)C1=CCC2CC1C2(C)C. The van der Waals surface area contributed by atoms with Gasteiger partial charge in [0.1, 0.15) is 0 Å². The van der Waals surface area contributed by atoms with Gasteiger partial charge in [-0.15, -0.1) is 0 Å². The van der Waals surface area contributed by atoms with E-state index in [0.29, 0.717) is 11.3 Å². The molecular formula is C13H20O2. The Hall–Kier alpha value is -0.790. The largest absolute Gasteiger partial charge is 0.481 e. The van der Waals surface area contributed by atoms with Gasteiger partial charge in [0, 0.05) is 0 Å². The van der Waals surface area contributed by atoms with Crippen LogP contribution in [0.5, 0.6) is 0 Å². The van der Waals surface area contributed by atoms with Crippen LogP contribution < -0.4 is 0 Å². The molecule has 1 fully saturated rings. The van der Waals surface area contributed by atoms with Crippen molar-refractivity contribution in [2.45, 2.75) is 40.0 Å². The summed E-state index contributed by atoms with van der Waals surface area (Å²) < 4.78 is 0. The number of carboxylic acids is 1. The van der Waals surface area contributed by atoms with Crippen molar-refractivity contribution in [2.75, 3.05) is 0 Å². The van der Waals surface area contributed by atoms with Crippen LogP contribution in [0.3, 0.4) is 0 Å². The van der Waals surface area contributed by atoms with Gasteiger partial charge in [0.2, 0.25) is 0 Å². The third-order valence-electron chi connectivity index (χ3n) is 4.56. The normalized spacial score (nSPS) is 33.9. The van der Waals surface area contributed by atoms with Crippen LogP contribution >= 0.6 is 0 Å². The first kappa shape index (κ1) is 10.7. The number of hydrogen-bond donors (Lipinski definition) is 1. The van der Waals surface area contributed by atoms with E-state index in [-0.39, 0.29) is 12.3 Å². The van der Waals surface area contributed by atoms with Gasteiger partial charge in [-0.05, 0) is 36.0 Å². The lowest BCUT2D eigenvalue weighted by molar-refractivity contribution is -0.137. The van der Waals surface area contributed by atoms with E-state index >= 15 is 0 Å². The second-order valence-electron chi connectivity index (χ2n) is 5.75. The highest BCUT2D eigenvalue weighted by Crippen LogP contribution is 2.60. The van der Waals surface area contributed by atoms with Crippen molar-refractivity contribution < 1.29 is 9.90 Å². The first-order chi connectivity index (χ1) is 6.93. The second-order valence-corrected chi connectivity index (χ2v) is 5.75. The maximum atomic E-state index is 10.7. The van der Waals surface area contributed by atoms with Gasteiger partial charge in [0.05, 0.1) is 6.42 Å². The van der Waals surface area contributed by atoms with Gasteiger partial charge < -0.3 is 5.11 Å². The van der Waals surface area contributed by atoms with E-state index in [0.717, 1.165) is 12.3 Å². The summed E-state index contributed by atoms with van der Waals surface area (Å²) in [6.45, 7) is 6.70. The molecule has 3 aliphatic rings. The summed E-state index contributed by atoms with van der Waals surface area (Å²) in [5.74, 6) is 1.02. The Morgan fingerprint density at radius 1 is 1.67 bits per heavy atom. The number of aliphatic carboxylic acids is 1. The first-order valence-corrected chi connectivity index (χ1v) is 5.84. The molecule has 1 N–H and O–H groups in total. The zero-order valence-electron chi connectivity index (χ0n) is 9.79. The topological polar surface area (TPSA) is 37.3 Å². The van der Waals surface area contributed by atoms with Gasteiger partial charge in [0.15, 0.2) is 0 Å². The van der Waals surface area contributed by atoms with Crippen molar-refractivity contribution in [3.63, 3.8) is 0 Å². The van der Waals surface area contributed by atoms with Gasteiger partial charge in [-0.2, -0.15) is 0 Å². The second kappa shape index (κ2) is 3.36. The van der Waals surface area contributed by atoms with Crippen molar-refractivity contribution in [1.82, 2.24) is 0 Å². The molecule has 2 heteroatoms. The number of carboxylic acid groups (broad SMARTS) is 1. The molecule has 3 atom stereocenters. The van der Waals surface area contributed by atoms with Crippen LogP contribution in [0.4, 0.5) is 0 Å². The third kappa shape index (κ3) is 1.60. The van der Waals surface area contributed by atoms with Crippen LogP contribution in [0.2, 0.25) is 0 Å². The van der Waals surface area contributed by atoms with Crippen molar-refractivity contribution in [3.8, 4) is 0 Å². The van der Waals surface area contributed by atoms with Gasteiger partial charge in [0.25, 0.3) is 0 Å². The highest BCUT2D eigenvalue weighted by atomic mass is 16.4. The molecule has 84 valence electrons. The molecule has 0 saturated heterocycles. The fourth-order valence-corrected chi connectivity index (χ4v) is 3.33. The Bertz CT molecular complexity index is 314. The molecule has 3 aliphatic carbocycles. The Kier molecular flexibility index (Phi) is 2.40. The van der Waals surface area contributed by atoms with Crippen LogP contribution in [0.15, 0.2) is 11.6 Å². The highest BCUT2D eigenvalue weighted by Gasteiger charge is 2.51. The predicted molar refractivity (Wildman–Crippen MR) is 59.5 cm³/mol. The van der Waals surface area contributed by atoms with Crippen molar-refractivity contribution in [2.24, 2.45) is 23.2 Å². The monoisotopic (exact) mass is 208 g/mol. The van der Waals surface area contributed by atoms with Gasteiger partial charge in [-0.1, -0.05) is 32.4 Å². The Morgan fingerprint density at radius 2 is 2.33 bits per heavy atom. The summed E-state index contributed by atoms with van der Waals surface area (Å²) in [4.78, 5) is 10.7. The first-order valence-electron chi connectivity index (χ1n) is 5.84. The summed E-state index contributed by atoms with van der Waals surface area (Å²) in [6, 6.07) is 0. The van der Waals surface area contributed by atoms with Crippen LogP contribution in [-0.2, 0) is 4.79 Å². The van der Waals surface area contributed by atoms with E-state index in [2.05, 4.69) is 26.8 Å². The van der Waals surface area contributed by atoms with Gasteiger partial charge in [-0.3, -0.25) is 4.79 Å². The van der Waals surface area contributed by atoms with Gasteiger partial charge in [-0.25, -0.2) is 0 Å². The van der Waals surface area contributed by atoms with E-state index in [1.165, 1.54) is 12.0 Å². The van der Waals surface area contributed by atoms with E-state index in [9.17, 15) is 4.79 Å². The Morgan fingerprint density at radius 3 is 2.80 bits per heavy atom. The van der Waals surface area contributed by atoms with Gasteiger partial charge >= 0.3 is 5.97 Å². The summed E-state index contributed by atoms with van der Waals surface area (Å²) in [5.41, 5.74) is 1.82. The Labute approximate surface area is 91.4 Å². The number of hydrogen-bond acceptors (Lipinski definition) is 1. The minimum absolute atomic E-state index is 0.216. The molecular weight excluding hydrogens is 188 g/mol. The number of rotatable bonds is 3. The smallest absolute Gasteiger partial charge is 0.303 e. The van der Waals surface area contributed by atoms with Crippen LogP contribution in [-0.4, -0.2) is 11.1 Å². The van der Waals surface area contributed by atoms with E-state index in [1.54, 1.807) is 0 Å². The molecule has 0 aliphatic heterocycles. The number of carbonyl (C=O) groups is 1. The molecule has 0 spiro atoms. The molecule has 1 saturated carbocycles. The molecule has 2 bridgehead atoms. The predicted octanol–water partition coefficient (Wildman–Crippen LogP) is 3.09. The van der Waals surface area contributed by atoms with Crippen molar-refractivity contribution in [1.29, 1.82) is 0 Å². The molecule has 0 aromatic rings. The average molecular weight is 208 g/mol. The highest BCUT2D eigenvalue weighted by molar-refractivity contribution is 5.67. The van der Waals surface area contributed by atoms with Crippen LogP contribution in [0.25, 0.3) is 0 Å². The molecule has 0 aromatic heterocycles. The molecule has 3 unspecified atom stereocenters. The fourth-order valence-electron chi connectivity index (χ4n) is 3.33. The summed E-state index contributed by atoms with van der Waals surface area (Å²) in [7, 11) is 0. The maximum Gasteiger partial charge on any atom is 0.303 e. The third-order valence-corrected chi connectivity index (χ3v) is 4.56. The lowest BCUT2D eigenvalue weighted by Gasteiger charge is -2.57. The summed E-state index contributed by atoms with van der Waals surface area (Å²) in [6.07, 6.45) is 5.02. The van der Waals surface area contributed by atoms with Crippen LogP contribution in [0.1, 0.15) is 40.0 Å². The summed E-state index contributed by atoms with van der Waals surface area (Å²) in [5, 5.41) is 8.82. The summed E-state index contributed by atoms with van der Waals surface area (Å²) >= 11 is 0. The molecule has 0 radical (unpaired) electrons. The number of allylic oxidation sites excluding steroid dienone is 2. The van der Waals surface area contributed by atoms with E-state index < -0.39 is 5.97 Å². The minimum Gasteiger partial charge on any atom is -0.481 e. The lowest BCUT2D eigenvalue weighted by Crippen LogP contribution is -2.49. The molecule has 0 amide bonds. The van der Waals surface area contributed by atoms with E-state index in [1.807, 2.05) is 0 Å². The molecule has 3 rings (SSSR count). The quantitative estimate of drug-likeness (QED) is 0.724. The zero-order valence-corrected chi connectivity index (χ0v) is 9.79. The van der Waals surface area contributed by atoms with E-state index in [4.69, 9.17) is 5.11 Å². The average Bonchev–Trinajstić information content (AvgIpc) is 2.16. The standard InChI is InChI=1S/C13H20O2/c1-8(6-12(14)15)10-5-4-9-7-11(10)13(9,2)3/h5,8-9,11H,4,6-7H2,1-3H3,(H,14,15). The molecule has 15 heavy (non-hydrogen) atoms. The molecule has 0 heterocycles. The zero-order chi connectivity index (χ0) is 11.2. The maximum absolute atomic E-state index is 10.7. The molecule has 0 aromatic carbocycles. The number of fused-ring (bicyclic) bond motifs is 1. The van der Waals surface area contributed by atoms with Crippen LogP contribution in [0, 0.1) is 23.2 Å². The van der Waals surface area contributed by atoms with Crippen molar-refractivity contribution in [3.05, 3.63) is 11.6 Å².